The molecule has 1 heterocycles. The van der Waals surface area contributed by atoms with Crippen molar-refractivity contribution in [2.45, 2.75) is 44.9 Å². The van der Waals surface area contributed by atoms with Crippen LogP contribution in [0.1, 0.15) is 33.7 Å². The zero-order valence-electron chi connectivity index (χ0n) is 22.6. The van der Waals surface area contributed by atoms with Crippen LogP contribution in [0, 0.1) is 6.92 Å². The second kappa shape index (κ2) is 12.6. The van der Waals surface area contributed by atoms with Gasteiger partial charge in [0.15, 0.2) is 11.5 Å². The molecule has 1 aliphatic carbocycles. The molecule has 2 aromatic carbocycles. The fraction of sp³-hybridized carbons (Fsp3) is 0.379. The molecule has 1 N–H and O–H groups in total. The predicted molar refractivity (Wildman–Crippen MR) is 148 cm³/mol. The summed E-state index contributed by atoms with van der Waals surface area (Å²) in [4.78, 5) is 32.0. The zero-order chi connectivity index (χ0) is 28.9. The Labute approximate surface area is 235 Å². The summed E-state index contributed by atoms with van der Waals surface area (Å²) in [7, 11) is 3.13. The molecule has 0 unspecified atom stereocenters. The van der Waals surface area contributed by atoms with Gasteiger partial charge in [-0.1, -0.05) is 12.1 Å². The number of alkyl halides is 3. The van der Waals surface area contributed by atoms with Gasteiger partial charge in [0, 0.05) is 28.0 Å². The summed E-state index contributed by atoms with van der Waals surface area (Å²) in [6, 6.07) is 13.3. The average Bonchev–Trinajstić information content (AvgIpc) is 3.69. The van der Waals surface area contributed by atoms with Crippen LogP contribution < -0.4 is 14.8 Å². The second-order valence-corrected chi connectivity index (χ2v) is 11.0. The molecule has 0 aliphatic heterocycles. The van der Waals surface area contributed by atoms with E-state index in [9.17, 15) is 22.8 Å². The molecule has 1 aliphatic rings. The lowest BCUT2D eigenvalue weighted by Gasteiger charge is -2.28. The van der Waals surface area contributed by atoms with Gasteiger partial charge in [0.05, 0.1) is 26.3 Å². The third-order valence-electron chi connectivity index (χ3n) is 6.61. The number of hydrogen-bond acceptors (Lipinski definition) is 5. The van der Waals surface area contributed by atoms with E-state index in [2.05, 4.69) is 5.32 Å². The molecule has 0 atom stereocenters. The monoisotopic (exact) mass is 575 g/mol. The number of nitrogens with zero attached hydrogens (tertiary/aromatic N) is 2. The highest BCUT2D eigenvalue weighted by Crippen LogP contribution is 2.32. The number of aryl methyl sites for hydroxylation is 1. The highest BCUT2D eigenvalue weighted by Gasteiger charge is 2.35. The molecule has 0 radical (unpaired) electrons. The summed E-state index contributed by atoms with van der Waals surface area (Å²) < 4.78 is 50.1. The van der Waals surface area contributed by atoms with Crippen LogP contribution in [0.2, 0.25) is 0 Å². The molecule has 1 aromatic heterocycles. The number of amides is 3. The minimum Gasteiger partial charge on any atom is -0.493 e. The molecule has 1 fully saturated rings. The highest BCUT2D eigenvalue weighted by atomic mass is 32.1. The summed E-state index contributed by atoms with van der Waals surface area (Å²) in [6.07, 6.45) is -2.50. The zero-order valence-corrected chi connectivity index (χ0v) is 23.4. The molecule has 0 spiro atoms. The number of benzene rings is 2. The van der Waals surface area contributed by atoms with Gasteiger partial charge in [-0.25, -0.2) is 4.79 Å². The summed E-state index contributed by atoms with van der Waals surface area (Å²) in [5, 5.41) is 2.55. The summed E-state index contributed by atoms with van der Waals surface area (Å²) >= 11 is 1.60. The van der Waals surface area contributed by atoms with Crippen LogP contribution in [-0.2, 0) is 23.9 Å². The van der Waals surface area contributed by atoms with Gasteiger partial charge < -0.3 is 24.6 Å². The standard InChI is InChI=1S/C29H32F3N3O4S/c1-19-7-11-24(40-19)17-34(14-13-20-8-12-25(38-2)26(15-20)39-3)27(36)18-35(23-9-10-23)28(37)33-22-6-4-5-21(16-22)29(30,31)32/h4-8,11-12,15-16,23H,9-10,13-14,17-18H2,1-3H3,(H,33,37). The normalized spacial score (nSPS) is 13.1. The minimum atomic E-state index is -4.53. The van der Waals surface area contributed by atoms with Crippen molar-refractivity contribution < 1.29 is 32.2 Å². The molecule has 1 saturated carbocycles. The number of ether oxygens (including phenoxy) is 2. The van der Waals surface area contributed by atoms with Gasteiger partial charge in [-0.2, -0.15) is 13.2 Å². The highest BCUT2D eigenvalue weighted by molar-refractivity contribution is 7.11. The number of hydrogen-bond donors (Lipinski definition) is 1. The van der Waals surface area contributed by atoms with E-state index >= 15 is 0 Å². The number of urea groups is 1. The van der Waals surface area contributed by atoms with E-state index in [0.29, 0.717) is 31.0 Å². The minimum absolute atomic E-state index is 0.0253. The number of carbonyl (C=O) groups excluding carboxylic acids is 2. The first kappa shape index (κ1) is 29.3. The van der Waals surface area contributed by atoms with Gasteiger partial charge in [-0.15, -0.1) is 11.3 Å². The Balaban J connectivity index is 1.48. The summed E-state index contributed by atoms with van der Waals surface area (Å²) in [6.45, 7) is 2.61. The Morgan fingerprint density at radius 3 is 2.40 bits per heavy atom. The number of nitrogens with one attached hydrogen (secondary N) is 1. The predicted octanol–water partition coefficient (Wildman–Crippen LogP) is 6.36. The van der Waals surface area contributed by atoms with E-state index in [1.807, 2.05) is 37.3 Å². The van der Waals surface area contributed by atoms with Crippen molar-refractivity contribution in [2.24, 2.45) is 0 Å². The number of carbonyl (C=O) groups is 2. The van der Waals surface area contributed by atoms with Crippen LogP contribution in [0.15, 0.2) is 54.6 Å². The Kier molecular flexibility index (Phi) is 9.24. The van der Waals surface area contributed by atoms with E-state index in [1.54, 1.807) is 30.5 Å². The van der Waals surface area contributed by atoms with Gasteiger partial charge in [0.1, 0.15) is 6.54 Å². The Morgan fingerprint density at radius 1 is 1.02 bits per heavy atom. The van der Waals surface area contributed by atoms with Crippen molar-refractivity contribution in [3.05, 3.63) is 75.5 Å². The third kappa shape index (κ3) is 7.68. The molecule has 0 bridgehead atoms. The van der Waals surface area contributed by atoms with Gasteiger partial charge in [-0.05, 0) is 74.2 Å². The molecule has 214 valence electrons. The molecule has 3 amide bonds. The molecule has 7 nitrogen and oxygen atoms in total. The molecule has 11 heteroatoms. The van der Waals surface area contributed by atoms with E-state index in [1.165, 1.54) is 17.0 Å². The van der Waals surface area contributed by atoms with Crippen LogP contribution in [0.25, 0.3) is 0 Å². The fourth-order valence-corrected chi connectivity index (χ4v) is 5.22. The van der Waals surface area contributed by atoms with Crippen LogP contribution in [-0.4, -0.2) is 55.1 Å². The Bertz CT molecular complexity index is 1340. The van der Waals surface area contributed by atoms with Gasteiger partial charge >= 0.3 is 12.2 Å². The molecule has 40 heavy (non-hydrogen) atoms. The first-order valence-corrected chi connectivity index (χ1v) is 13.7. The largest absolute Gasteiger partial charge is 0.493 e. The Morgan fingerprint density at radius 2 is 1.77 bits per heavy atom. The van der Waals surface area contributed by atoms with E-state index in [4.69, 9.17) is 9.47 Å². The maximum Gasteiger partial charge on any atom is 0.416 e. The number of methoxy groups -OCH3 is 2. The molecular weight excluding hydrogens is 543 g/mol. The van der Waals surface area contributed by atoms with Gasteiger partial charge in [0.25, 0.3) is 0 Å². The van der Waals surface area contributed by atoms with Crippen molar-refractivity contribution >= 4 is 29.0 Å². The van der Waals surface area contributed by atoms with Crippen LogP contribution in [0.4, 0.5) is 23.7 Å². The summed E-state index contributed by atoms with van der Waals surface area (Å²) in [5.74, 6) is 0.968. The lowest BCUT2D eigenvalue weighted by atomic mass is 10.1. The molecule has 4 rings (SSSR count). The van der Waals surface area contributed by atoms with Crippen LogP contribution in [0.5, 0.6) is 11.5 Å². The number of thiophene rings is 1. The number of anilines is 1. The maximum absolute atomic E-state index is 13.6. The molecular formula is C29H32F3N3O4S. The quantitative estimate of drug-likeness (QED) is 0.289. The van der Waals surface area contributed by atoms with Crippen molar-refractivity contribution in [2.75, 3.05) is 32.6 Å². The fourth-order valence-electron chi connectivity index (χ4n) is 4.32. The van der Waals surface area contributed by atoms with Crippen LogP contribution >= 0.6 is 11.3 Å². The number of rotatable bonds is 11. The first-order valence-electron chi connectivity index (χ1n) is 12.9. The van der Waals surface area contributed by atoms with Crippen molar-refractivity contribution in [3.63, 3.8) is 0 Å². The van der Waals surface area contributed by atoms with Crippen molar-refractivity contribution in [1.82, 2.24) is 9.80 Å². The third-order valence-corrected chi connectivity index (χ3v) is 7.59. The first-order chi connectivity index (χ1) is 19.1. The summed E-state index contributed by atoms with van der Waals surface area (Å²) in [5.41, 5.74) is 0.128. The SMILES string of the molecule is COc1ccc(CCN(Cc2ccc(C)s2)C(=O)CN(C(=O)Nc2cccc(C(F)(F)F)c2)C2CC2)cc1OC. The maximum atomic E-state index is 13.6. The number of halogens is 3. The van der Waals surface area contributed by atoms with Gasteiger partial charge in [0.2, 0.25) is 5.91 Å². The van der Waals surface area contributed by atoms with E-state index in [-0.39, 0.29) is 24.2 Å². The molecule has 0 saturated heterocycles. The van der Waals surface area contributed by atoms with Crippen molar-refractivity contribution in [3.8, 4) is 11.5 Å². The lowest BCUT2D eigenvalue weighted by molar-refractivity contribution is -0.137. The smallest absolute Gasteiger partial charge is 0.416 e. The van der Waals surface area contributed by atoms with Crippen LogP contribution in [0.3, 0.4) is 0 Å². The van der Waals surface area contributed by atoms with E-state index in [0.717, 1.165) is 40.3 Å². The van der Waals surface area contributed by atoms with Gasteiger partial charge in [-0.3, -0.25) is 4.79 Å². The average molecular weight is 576 g/mol. The van der Waals surface area contributed by atoms with Crippen molar-refractivity contribution in [1.29, 1.82) is 0 Å². The van der Waals surface area contributed by atoms with E-state index < -0.39 is 17.8 Å². The lowest BCUT2D eigenvalue weighted by Crippen LogP contribution is -2.45. The second-order valence-electron chi connectivity index (χ2n) is 9.63. The molecule has 3 aromatic rings. The topological polar surface area (TPSA) is 71.1 Å². The Hall–Kier alpha value is -3.73.